The van der Waals surface area contributed by atoms with Gasteiger partial charge in [0.05, 0.1) is 12.2 Å². The number of epoxide rings is 1. The lowest BCUT2D eigenvalue weighted by atomic mass is 9.95. The second kappa shape index (κ2) is 3.71. The molecule has 0 aromatic heterocycles. The highest BCUT2D eigenvalue weighted by atomic mass is 16.6. The third kappa shape index (κ3) is 2.03. The quantitative estimate of drug-likeness (QED) is 0.735. The number of rotatable bonds is 4. The average molecular weight is 224 g/mol. The van der Waals surface area contributed by atoms with Crippen molar-refractivity contribution in [3.05, 3.63) is 24.3 Å². The molecule has 0 amide bonds. The average Bonchev–Trinajstić information content (AvgIpc) is 2.85. The van der Waals surface area contributed by atoms with E-state index in [4.69, 9.17) is 9.47 Å². The summed E-state index contributed by atoms with van der Waals surface area (Å²) in [5.41, 5.74) is -1.38. The fraction of sp³-hybridized carbons (Fsp3) is 0.583. The highest BCUT2D eigenvalue weighted by Gasteiger charge is 2.50. The van der Waals surface area contributed by atoms with Crippen LogP contribution in [0.3, 0.4) is 0 Å². The Morgan fingerprint density at radius 3 is 2.69 bits per heavy atom. The van der Waals surface area contributed by atoms with E-state index in [2.05, 4.69) is 0 Å². The fourth-order valence-corrected chi connectivity index (χ4v) is 1.72. The molecular formula is C12H16O4. The molecule has 0 radical (unpaired) electrons. The number of allylic oxidation sites excluding steroid dienone is 2. The van der Waals surface area contributed by atoms with E-state index in [-0.39, 0.29) is 11.7 Å². The second-order valence-electron chi connectivity index (χ2n) is 4.71. The number of carboxylic acids is 1. The van der Waals surface area contributed by atoms with Crippen molar-refractivity contribution in [1.82, 2.24) is 0 Å². The Kier molecular flexibility index (Phi) is 2.64. The summed E-state index contributed by atoms with van der Waals surface area (Å²) < 4.78 is 10.9. The van der Waals surface area contributed by atoms with Gasteiger partial charge in [-0.2, -0.15) is 0 Å². The Labute approximate surface area is 94.5 Å². The van der Waals surface area contributed by atoms with Crippen molar-refractivity contribution in [2.45, 2.75) is 37.6 Å². The van der Waals surface area contributed by atoms with Crippen LogP contribution in [0.25, 0.3) is 0 Å². The predicted octanol–water partition coefficient (Wildman–Crippen LogP) is 1.52. The van der Waals surface area contributed by atoms with Gasteiger partial charge in [0, 0.05) is 6.42 Å². The molecule has 1 aliphatic heterocycles. The zero-order valence-electron chi connectivity index (χ0n) is 9.47. The lowest BCUT2D eigenvalue weighted by Crippen LogP contribution is -2.41. The van der Waals surface area contributed by atoms with E-state index in [9.17, 15) is 9.90 Å². The van der Waals surface area contributed by atoms with E-state index in [1.165, 1.54) is 0 Å². The third-order valence-corrected chi connectivity index (χ3v) is 3.05. The molecule has 2 aliphatic rings. The van der Waals surface area contributed by atoms with Crippen LogP contribution < -0.4 is 0 Å². The summed E-state index contributed by atoms with van der Waals surface area (Å²) in [5, 5.41) is 9.20. The highest BCUT2D eigenvalue weighted by Crippen LogP contribution is 2.36. The number of hydrogen-bond acceptors (Lipinski definition) is 3. The molecule has 4 nitrogen and oxygen atoms in total. The van der Waals surface area contributed by atoms with Crippen molar-refractivity contribution >= 4 is 5.97 Å². The standard InChI is InChI=1S/C12H16O4/c1-11(2)9(16-11)8-15-12(10(13)14)6-4-3-5-7-12/h3-6,9H,7-8H2,1-2H3,(H,13,14). The second-order valence-corrected chi connectivity index (χ2v) is 4.71. The van der Waals surface area contributed by atoms with Gasteiger partial charge in [-0.3, -0.25) is 0 Å². The summed E-state index contributed by atoms with van der Waals surface area (Å²) in [6, 6.07) is 0. The summed E-state index contributed by atoms with van der Waals surface area (Å²) in [4.78, 5) is 11.2. The molecule has 88 valence electrons. The van der Waals surface area contributed by atoms with Gasteiger partial charge in [-0.15, -0.1) is 0 Å². The van der Waals surface area contributed by atoms with E-state index >= 15 is 0 Å². The Bertz CT molecular complexity index is 356. The Morgan fingerprint density at radius 2 is 2.25 bits per heavy atom. The van der Waals surface area contributed by atoms with Gasteiger partial charge in [-0.25, -0.2) is 4.79 Å². The van der Waals surface area contributed by atoms with Gasteiger partial charge in [-0.05, 0) is 19.9 Å². The van der Waals surface area contributed by atoms with E-state index in [0.29, 0.717) is 13.0 Å². The van der Waals surface area contributed by atoms with E-state index in [1.54, 1.807) is 18.2 Å². The SMILES string of the molecule is CC1(C)OC1COC1(C(=O)O)C=CC=CC1. The van der Waals surface area contributed by atoms with Crippen molar-refractivity contribution < 1.29 is 19.4 Å². The zero-order valence-corrected chi connectivity index (χ0v) is 9.47. The van der Waals surface area contributed by atoms with Crippen LogP contribution in [0.1, 0.15) is 20.3 Å². The topological polar surface area (TPSA) is 59.1 Å². The number of ether oxygens (including phenoxy) is 2. The summed E-state index contributed by atoms with van der Waals surface area (Å²) in [7, 11) is 0. The molecule has 0 spiro atoms. The molecular weight excluding hydrogens is 208 g/mol. The Morgan fingerprint density at radius 1 is 1.56 bits per heavy atom. The lowest BCUT2D eigenvalue weighted by molar-refractivity contribution is -0.159. The minimum Gasteiger partial charge on any atom is -0.479 e. The summed E-state index contributed by atoms with van der Waals surface area (Å²) in [5.74, 6) is -0.952. The van der Waals surface area contributed by atoms with Crippen molar-refractivity contribution in [3.63, 3.8) is 0 Å². The van der Waals surface area contributed by atoms with Crippen LogP contribution in [0, 0.1) is 0 Å². The first kappa shape index (κ1) is 11.4. The molecule has 1 N–H and O–H groups in total. The first-order valence-corrected chi connectivity index (χ1v) is 5.36. The van der Waals surface area contributed by atoms with Gasteiger partial charge in [0.15, 0.2) is 5.60 Å². The minimum atomic E-state index is -1.21. The number of carboxylic acid groups (broad SMARTS) is 1. The normalized spacial score (nSPS) is 35.0. The maximum Gasteiger partial charge on any atom is 0.340 e. The first-order valence-electron chi connectivity index (χ1n) is 5.36. The lowest BCUT2D eigenvalue weighted by Gasteiger charge is -2.26. The van der Waals surface area contributed by atoms with Gasteiger partial charge in [-0.1, -0.05) is 18.2 Å². The van der Waals surface area contributed by atoms with Gasteiger partial charge in [0.25, 0.3) is 0 Å². The Balaban J connectivity index is 1.97. The third-order valence-electron chi connectivity index (χ3n) is 3.05. The van der Waals surface area contributed by atoms with Crippen LogP contribution in [0.5, 0.6) is 0 Å². The number of carbonyl (C=O) groups is 1. The van der Waals surface area contributed by atoms with Crippen LogP contribution in [0.15, 0.2) is 24.3 Å². The monoisotopic (exact) mass is 224 g/mol. The molecule has 2 unspecified atom stereocenters. The maximum atomic E-state index is 11.2. The number of aliphatic carboxylic acids is 1. The van der Waals surface area contributed by atoms with Gasteiger partial charge >= 0.3 is 5.97 Å². The molecule has 0 saturated carbocycles. The van der Waals surface area contributed by atoms with Gasteiger partial charge in [0.1, 0.15) is 6.10 Å². The molecule has 16 heavy (non-hydrogen) atoms. The molecule has 0 aromatic carbocycles. The minimum absolute atomic E-state index is 0.00281. The largest absolute Gasteiger partial charge is 0.479 e. The van der Waals surface area contributed by atoms with Crippen LogP contribution in [-0.4, -0.2) is 35.0 Å². The Hall–Kier alpha value is -1.13. The highest BCUT2D eigenvalue weighted by molar-refractivity contribution is 5.81. The number of hydrogen-bond donors (Lipinski definition) is 1. The molecule has 2 rings (SSSR count). The van der Waals surface area contributed by atoms with Gasteiger partial charge < -0.3 is 14.6 Å². The van der Waals surface area contributed by atoms with Crippen molar-refractivity contribution in [3.8, 4) is 0 Å². The van der Waals surface area contributed by atoms with Crippen LogP contribution in [0.4, 0.5) is 0 Å². The van der Waals surface area contributed by atoms with Crippen molar-refractivity contribution in [1.29, 1.82) is 0 Å². The van der Waals surface area contributed by atoms with Crippen LogP contribution in [-0.2, 0) is 14.3 Å². The predicted molar refractivity (Wildman–Crippen MR) is 58.2 cm³/mol. The molecule has 1 saturated heterocycles. The first-order chi connectivity index (χ1) is 7.46. The summed E-state index contributed by atoms with van der Waals surface area (Å²) in [6.45, 7) is 4.24. The molecule has 4 heteroatoms. The van der Waals surface area contributed by atoms with Crippen molar-refractivity contribution in [2.75, 3.05) is 6.61 Å². The smallest absolute Gasteiger partial charge is 0.340 e. The fourth-order valence-electron chi connectivity index (χ4n) is 1.72. The van der Waals surface area contributed by atoms with E-state index in [1.807, 2.05) is 19.9 Å². The zero-order chi connectivity index (χ0) is 11.8. The molecule has 1 heterocycles. The molecule has 1 fully saturated rings. The van der Waals surface area contributed by atoms with Crippen LogP contribution in [0.2, 0.25) is 0 Å². The molecule has 2 atom stereocenters. The summed E-state index contributed by atoms with van der Waals surface area (Å²) >= 11 is 0. The van der Waals surface area contributed by atoms with E-state index in [0.717, 1.165) is 0 Å². The molecule has 0 aromatic rings. The van der Waals surface area contributed by atoms with Crippen molar-refractivity contribution in [2.24, 2.45) is 0 Å². The molecule has 0 bridgehead atoms. The van der Waals surface area contributed by atoms with E-state index < -0.39 is 11.6 Å². The molecule has 1 aliphatic carbocycles. The summed E-state index contributed by atoms with van der Waals surface area (Å²) in [6.07, 6.45) is 7.28. The van der Waals surface area contributed by atoms with Gasteiger partial charge in [0.2, 0.25) is 0 Å². The maximum absolute atomic E-state index is 11.2. The van der Waals surface area contributed by atoms with Crippen LogP contribution >= 0.6 is 0 Å².